The van der Waals surface area contributed by atoms with Gasteiger partial charge < -0.3 is 9.74 Å². The van der Waals surface area contributed by atoms with Crippen LogP contribution in [0.2, 0.25) is 0 Å². The van der Waals surface area contributed by atoms with Gasteiger partial charge in [-0.25, -0.2) is 4.39 Å². The first kappa shape index (κ1) is 17.7. The van der Waals surface area contributed by atoms with E-state index < -0.39 is 0 Å². The van der Waals surface area contributed by atoms with Crippen molar-refractivity contribution in [2.75, 3.05) is 6.54 Å². The van der Waals surface area contributed by atoms with Gasteiger partial charge in [-0.3, -0.25) is 4.79 Å². The Morgan fingerprint density at radius 3 is 2.67 bits per heavy atom. The van der Waals surface area contributed by atoms with Crippen molar-refractivity contribution in [2.24, 2.45) is 11.1 Å². The van der Waals surface area contributed by atoms with Crippen molar-refractivity contribution in [1.82, 2.24) is 4.90 Å². The summed E-state index contributed by atoms with van der Waals surface area (Å²) in [4.78, 5) is 20.4. The van der Waals surface area contributed by atoms with Crippen LogP contribution in [0.1, 0.15) is 36.8 Å². The minimum atomic E-state index is -0.287. The van der Waals surface area contributed by atoms with Crippen molar-refractivity contribution in [2.45, 2.75) is 38.3 Å². The van der Waals surface area contributed by atoms with Gasteiger partial charge in [0.05, 0.1) is 12.3 Å². The molecule has 1 saturated carbocycles. The number of carbonyl (C=O) groups is 1. The first-order chi connectivity index (χ1) is 13.2. The highest BCUT2D eigenvalue weighted by molar-refractivity contribution is 6.01. The van der Waals surface area contributed by atoms with Crippen molar-refractivity contribution in [3.8, 4) is 0 Å². The van der Waals surface area contributed by atoms with Gasteiger partial charge in [-0.15, -0.1) is 0 Å². The van der Waals surface area contributed by atoms with Crippen molar-refractivity contribution in [3.63, 3.8) is 0 Å². The quantitative estimate of drug-likeness (QED) is 0.771. The zero-order chi connectivity index (χ0) is 18.6. The van der Waals surface area contributed by atoms with E-state index in [0.29, 0.717) is 19.5 Å². The monoisotopic (exact) mass is 366 g/mol. The third kappa shape index (κ3) is 4.18. The van der Waals surface area contributed by atoms with Gasteiger partial charge >= 0.3 is 0 Å². The van der Waals surface area contributed by atoms with Crippen LogP contribution < -0.4 is 0 Å². The van der Waals surface area contributed by atoms with E-state index in [1.165, 1.54) is 12.1 Å². The lowest BCUT2D eigenvalue weighted by atomic mass is 9.84. The van der Waals surface area contributed by atoms with Crippen molar-refractivity contribution in [1.29, 1.82) is 0 Å². The Morgan fingerprint density at radius 2 is 1.96 bits per heavy atom. The average molecular weight is 366 g/mol. The summed E-state index contributed by atoms with van der Waals surface area (Å²) < 4.78 is 13.5. The largest absolute Gasteiger partial charge is 0.390 e. The molecule has 27 heavy (non-hydrogen) atoms. The summed E-state index contributed by atoms with van der Waals surface area (Å²) in [7, 11) is 0. The summed E-state index contributed by atoms with van der Waals surface area (Å²) in [6.45, 7) is 1.07. The predicted octanol–water partition coefficient (Wildman–Crippen LogP) is 4.15. The van der Waals surface area contributed by atoms with Gasteiger partial charge in [0.15, 0.2) is 6.10 Å². The summed E-state index contributed by atoms with van der Waals surface area (Å²) in [5.74, 6) is 0.0520. The molecule has 2 aromatic carbocycles. The van der Waals surface area contributed by atoms with Crippen LogP contribution in [0.4, 0.5) is 4.39 Å². The second-order valence-electron chi connectivity index (χ2n) is 7.31. The zero-order valence-corrected chi connectivity index (χ0v) is 15.2. The number of oxime groups is 1. The molecule has 0 N–H and O–H groups in total. The van der Waals surface area contributed by atoms with Crippen LogP contribution in [0.25, 0.3) is 0 Å². The van der Waals surface area contributed by atoms with E-state index in [4.69, 9.17) is 4.84 Å². The maximum atomic E-state index is 13.5. The number of benzene rings is 2. The van der Waals surface area contributed by atoms with Gasteiger partial charge in [0.2, 0.25) is 5.91 Å². The summed E-state index contributed by atoms with van der Waals surface area (Å²) in [5.41, 5.74) is 2.57. The first-order valence-corrected chi connectivity index (χ1v) is 9.50. The zero-order valence-electron chi connectivity index (χ0n) is 15.2. The number of amides is 1. The molecule has 1 heterocycles. The van der Waals surface area contributed by atoms with Crippen LogP contribution in [0.3, 0.4) is 0 Å². The molecule has 1 amide bonds. The summed E-state index contributed by atoms with van der Waals surface area (Å²) in [5, 5.41) is 4.14. The van der Waals surface area contributed by atoms with Crippen LogP contribution in [0, 0.1) is 11.7 Å². The molecule has 0 aromatic heterocycles. The van der Waals surface area contributed by atoms with E-state index in [1.54, 1.807) is 6.07 Å². The SMILES string of the molecule is O=C(C1CCC1)N(Cc1ccccc1)CC1CC(c2cccc(F)c2)=NO1. The Hall–Kier alpha value is -2.69. The fourth-order valence-corrected chi connectivity index (χ4v) is 3.56. The number of rotatable bonds is 6. The Balaban J connectivity index is 1.43. The molecule has 1 atom stereocenters. The standard InChI is InChI=1S/C22H23FN2O2/c23-19-11-5-10-18(12-19)21-13-20(27-24-21)15-25(22(26)17-8-4-9-17)14-16-6-2-1-3-7-16/h1-3,5-7,10-12,17,20H,4,8-9,13-15H2. The van der Waals surface area contributed by atoms with Crippen LogP contribution in [0.5, 0.6) is 0 Å². The number of nitrogens with zero attached hydrogens (tertiary/aromatic N) is 2. The molecule has 2 aromatic rings. The molecule has 0 spiro atoms. The minimum Gasteiger partial charge on any atom is -0.390 e. The molecule has 0 bridgehead atoms. The summed E-state index contributed by atoms with van der Waals surface area (Å²) in [6, 6.07) is 16.4. The highest BCUT2D eigenvalue weighted by Gasteiger charge is 2.32. The second-order valence-corrected chi connectivity index (χ2v) is 7.31. The molecule has 2 aliphatic rings. The molecular formula is C22H23FN2O2. The molecule has 140 valence electrons. The van der Waals surface area contributed by atoms with Crippen LogP contribution in [0.15, 0.2) is 59.8 Å². The molecule has 1 unspecified atom stereocenters. The van der Waals surface area contributed by atoms with Gasteiger partial charge in [-0.05, 0) is 30.5 Å². The normalized spacial score (nSPS) is 19.1. The van der Waals surface area contributed by atoms with E-state index in [9.17, 15) is 9.18 Å². The van der Waals surface area contributed by atoms with Gasteiger partial charge in [0, 0.05) is 24.4 Å². The van der Waals surface area contributed by atoms with Crippen LogP contribution >= 0.6 is 0 Å². The third-order valence-electron chi connectivity index (χ3n) is 5.30. The van der Waals surface area contributed by atoms with Crippen molar-refractivity contribution < 1.29 is 14.0 Å². The van der Waals surface area contributed by atoms with Crippen LogP contribution in [-0.4, -0.2) is 29.2 Å². The van der Waals surface area contributed by atoms with Gasteiger partial charge in [-0.1, -0.05) is 54.0 Å². The predicted molar refractivity (Wildman–Crippen MR) is 102 cm³/mol. The van der Waals surface area contributed by atoms with E-state index >= 15 is 0 Å². The number of carbonyl (C=O) groups excluding carboxylic acids is 1. The lowest BCUT2D eigenvalue weighted by Crippen LogP contribution is -2.42. The second kappa shape index (κ2) is 7.91. The molecule has 4 nitrogen and oxygen atoms in total. The number of halogens is 1. The molecule has 1 aliphatic heterocycles. The van der Waals surface area contributed by atoms with Crippen molar-refractivity contribution in [3.05, 3.63) is 71.5 Å². The molecule has 5 heteroatoms. The first-order valence-electron chi connectivity index (χ1n) is 9.50. The molecule has 4 rings (SSSR count). The maximum Gasteiger partial charge on any atom is 0.226 e. The summed E-state index contributed by atoms with van der Waals surface area (Å²) in [6.07, 6.45) is 3.45. The lowest BCUT2D eigenvalue weighted by Gasteiger charge is -2.32. The van der Waals surface area contributed by atoms with Gasteiger partial charge in [-0.2, -0.15) is 0 Å². The molecule has 0 saturated heterocycles. The minimum absolute atomic E-state index is 0.138. The van der Waals surface area contributed by atoms with Gasteiger partial charge in [0.25, 0.3) is 0 Å². The van der Waals surface area contributed by atoms with E-state index in [2.05, 4.69) is 5.16 Å². The Bertz CT molecular complexity index is 833. The number of hydrogen-bond acceptors (Lipinski definition) is 3. The topological polar surface area (TPSA) is 41.9 Å². The lowest BCUT2D eigenvalue weighted by molar-refractivity contribution is -0.140. The molecule has 0 radical (unpaired) electrons. The summed E-state index contributed by atoms with van der Waals surface area (Å²) >= 11 is 0. The van der Waals surface area contributed by atoms with E-state index in [1.807, 2.05) is 41.3 Å². The molecule has 1 fully saturated rings. The van der Waals surface area contributed by atoms with Crippen molar-refractivity contribution >= 4 is 11.6 Å². The fourth-order valence-electron chi connectivity index (χ4n) is 3.56. The number of hydrogen-bond donors (Lipinski definition) is 0. The Kier molecular flexibility index (Phi) is 5.19. The van der Waals surface area contributed by atoms with Gasteiger partial charge in [0.1, 0.15) is 5.82 Å². The van der Waals surface area contributed by atoms with E-state index in [0.717, 1.165) is 36.1 Å². The van der Waals surface area contributed by atoms with E-state index in [-0.39, 0.29) is 23.7 Å². The Labute approximate surface area is 158 Å². The smallest absolute Gasteiger partial charge is 0.226 e. The Morgan fingerprint density at radius 1 is 1.15 bits per heavy atom. The molecule has 1 aliphatic carbocycles. The van der Waals surface area contributed by atoms with Crippen LogP contribution in [-0.2, 0) is 16.2 Å². The maximum absolute atomic E-state index is 13.5. The average Bonchev–Trinajstić information content (AvgIpc) is 3.09. The molecular weight excluding hydrogens is 343 g/mol. The fraction of sp³-hybridized carbons (Fsp3) is 0.364. The highest BCUT2D eigenvalue weighted by Crippen LogP contribution is 2.29. The third-order valence-corrected chi connectivity index (χ3v) is 5.30. The highest BCUT2D eigenvalue weighted by atomic mass is 19.1.